The molecule has 0 fully saturated rings. The first kappa shape index (κ1) is 33.3. The topological polar surface area (TPSA) is 117 Å². The Labute approximate surface area is 234 Å². The molecule has 0 spiro atoms. The lowest BCUT2D eigenvalue weighted by atomic mass is 10.0. The van der Waals surface area contributed by atoms with E-state index in [0.717, 1.165) is 17.7 Å². The SMILES string of the molecule is CC.CNc1c[n+](OC)c(Cn2cnc(C(F)(F)C(F)(F)F)c(Oc3cc(C(F)F)cc(C#N)c3C)c2=O)cc1C#N. The number of aromatic nitrogens is 3. The van der Waals surface area contributed by atoms with Crippen molar-refractivity contribution in [3.8, 4) is 23.6 Å². The van der Waals surface area contributed by atoms with E-state index in [9.17, 15) is 46.1 Å². The van der Waals surface area contributed by atoms with Gasteiger partial charge in [-0.15, -0.1) is 0 Å². The predicted molar refractivity (Wildman–Crippen MR) is 133 cm³/mol. The first-order chi connectivity index (χ1) is 19.7. The van der Waals surface area contributed by atoms with Crippen LogP contribution in [-0.4, -0.2) is 29.9 Å². The summed E-state index contributed by atoms with van der Waals surface area (Å²) in [5.41, 5.74) is -4.63. The molecule has 0 radical (unpaired) electrons. The van der Waals surface area contributed by atoms with Crippen LogP contribution in [0.4, 0.5) is 36.4 Å². The number of ether oxygens (including phenoxy) is 1. The lowest BCUT2D eigenvalue weighted by Gasteiger charge is -2.22. The fourth-order valence-electron chi connectivity index (χ4n) is 3.53. The van der Waals surface area contributed by atoms with E-state index in [2.05, 4.69) is 10.3 Å². The number of alkyl halides is 7. The average Bonchev–Trinajstić information content (AvgIpc) is 2.95. The fraction of sp³-hybridized carbons (Fsp3) is 0.346. The summed E-state index contributed by atoms with van der Waals surface area (Å²) >= 11 is 0. The molecular formula is C26H24F7N6O3+. The average molecular weight is 602 g/mol. The summed E-state index contributed by atoms with van der Waals surface area (Å²) in [5.74, 6) is -8.04. The number of benzene rings is 1. The molecule has 2 heterocycles. The van der Waals surface area contributed by atoms with Gasteiger partial charge in [-0.25, -0.2) is 13.8 Å². The Balaban J connectivity index is 0.00000301. The van der Waals surface area contributed by atoms with Gasteiger partial charge >= 0.3 is 12.1 Å². The van der Waals surface area contributed by atoms with Crippen LogP contribution in [0.2, 0.25) is 0 Å². The maximum atomic E-state index is 14.5. The molecule has 2 aromatic heterocycles. The van der Waals surface area contributed by atoms with Gasteiger partial charge in [-0.3, -0.25) is 14.2 Å². The minimum Gasteiger partial charge on any atom is -0.449 e. The van der Waals surface area contributed by atoms with Crippen molar-refractivity contribution >= 4 is 5.69 Å². The zero-order valence-corrected chi connectivity index (χ0v) is 22.8. The molecule has 0 amide bonds. The van der Waals surface area contributed by atoms with Gasteiger partial charge in [0.25, 0.3) is 17.7 Å². The van der Waals surface area contributed by atoms with Crippen molar-refractivity contribution in [3.63, 3.8) is 0 Å². The highest BCUT2D eigenvalue weighted by molar-refractivity contribution is 5.54. The molecule has 224 valence electrons. The standard InChI is InChI=1S/C24H18F7N6O3.C2H6/c1-12-14(7-32)4-13(21(25)26)6-18(12)40-19-20(23(27,28)24(29,30)31)35-11-36(22(19)38)9-16-5-15(8-33)17(34-2)10-37(16)39-3;1-2/h4-6,10-11,21,34H,9H2,1-3H3;1-2H3/q+1;. The van der Waals surface area contributed by atoms with Gasteiger partial charge in [-0.05, 0) is 19.1 Å². The van der Waals surface area contributed by atoms with Gasteiger partial charge in [0, 0.05) is 29.0 Å². The first-order valence-corrected chi connectivity index (χ1v) is 12.0. The Morgan fingerprint density at radius 3 is 2.21 bits per heavy atom. The third-order valence-corrected chi connectivity index (χ3v) is 5.67. The zero-order chi connectivity index (χ0) is 32.0. The molecule has 9 nitrogen and oxygen atoms in total. The Bertz CT molecular complexity index is 1590. The normalized spacial score (nSPS) is 11.2. The summed E-state index contributed by atoms with van der Waals surface area (Å²) in [5, 5.41) is 21.4. The number of hydrogen-bond acceptors (Lipinski definition) is 7. The van der Waals surface area contributed by atoms with Crippen molar-refractivity contribution < 1.29 is 45.0 Å². The molecule has 16 heteroatoms. The lowest BCUT2D eigenvalue weighted by molar-refractivity contribution is -0.890. The number of nitrogens with zero attached hydrogens (tertiary/aromatic N) is 5. The van der Waals surface area contributed by atoms with Crippen LogP contribution in [0.25, 0.3) is 0 Å². The van der Waals surface area contributed by atoms with E-state index in [1.165, 1.54) is 26.4 Å². The minimum atomic E-state index is -6.21. The van der Waals surface area contributed by atoms with Crippen LogP contribution in [0, 0.1) is 29.6 Å². The van der Waals surface area contributed by atoms with Crippen LogP contribution < -0.4 is 25.2 Å². The largest absolute Gasteiger partial charge is 0.459 e. The quantitative estimate of drug-likeness (QED) is 0.281. The molecule has 3 aromatic rings. The molecule has 0 saturated heterocycles. The molecule has 1 aromatic carbocycles. The van der Waals surface area contributed by atoms with Gasteiger partial charge in [0.1, 0.15) is 31.2 Å². The minimum absolute atomic E-state index is 0.0610. The highest BCUT2D eigenvalue weighted by Crippen LogP contribution is 2.46. The van der Waals surface area contributed by atoms with Crippen molar-refractivity contribution in [1.29, 1.82) is 10.5 Å². The summed E-state index contributed by atoms with van der Waals surface area (Å²) in [6.45, 7) is 4.60. The molecule has 0 aliphatic carbocycles. The van der Waals surface area contributed by atoms with E-state index in [-0.39, 0.29) is 16.8 Å². The Hall–Kier alpha value is -4.86. The second-order valence-electron chi connectivity index (χ2n) is 8.10. The summed E-state index contributed by atoms with van der Waals surface area (Å²) in [6, 6.07) is 6.13. The number of pyridine rings is 1. The first-order valence-electron chi connectivity index (χ1n) is 12.0. The van der Waals surface area contributed by atoms with E-state index >= 15 is 0 Å². The molecule has 42 heavy (non-hydrogen) atoms. The predicted octanol–water partition coefficient (Wildman–Crippen LogP) is 5.14. The van der Waals surface area contributed by atoms with Crippen LogP contribution >= 0.6 is 0 Å². The number of anilines is 1. The number of hydrogen-bond donors (Lipinski definition) is 1. The molecule has 0 bridgehead atoms. The maximum absolute atomic E-state index is 14.5. The Morgan fingerprint density at radius 2 is 1.71 bits per heavy atom. The van der Waals surface area contributed by atoms with Gasteiger partial charge in [0.15, 0.2) is 5.69 Å². The molecular weight excluding hydrogens is 577 g/mol. The van der Waals surface area contributed by atoms with Crippen molar-refractivity contribution in [1.82, 2.24) is 9.55 Å². The zero-order valence-electron chi connectivity index (χ0n) is 22.8. The van der Waals surface area contributed by atoms with Gasteiger partial charge in [-0.2, -0.15) is 32.5 Å². The second-order valence-corrected chi connectivity index (χ2v) is 8.10. The smallest absolute Gasteiger partial charge is 0.449 e. The fourth-order valence-corrected chi connectivity index (χ4v) is 3.53. The number of rotatable bonds is 8. The van der Waals surface area contributed by atoms with Gasteiger partial charge in [0.2, 0.25) is 11.9 Å². The van der Waals surface area contributed by atoms with E-state index in [4.69, 9.17) is 9.57 Å². The molecule has 0 saturated carbocycles. The molecule has 0 unspecified atom stereocenters. The summed E-state index contributed by atoms with van der Waals surface area (Å²) in [6.07, 6.45) is -7.65. The molecule has 3 rings (SSSR count). The summed E-state index contributed by atoms with van der Waals surface area (Å²) in [4.78, 5) is 21.6. The van der Waals surface area contributed by atoms with Crippen molar-refractivity contribution in [2.24, 2.45) is 0 Å². The van der Waals surface area contributed by atoms with Crippen molar-refractivity contribution in [2.45, 2.75) is 45.8 Å². The van der Waals surface area contributed by atoms with E-state index in [1.807, 2.05) is 19.9 Å². The van der Waals surface area contributed by atoms with Gasteiger partial charge < -0.3 is 10.1 Å². The van der Waals surface area contributed by atoms with Crippen LogP contribution in [0.1, 0.15) is 53.9 Å². The van der Waals surface area contributed by atoms with E-state index in [1.54, 1.807) is 6.07 Å². The maximum Gasteiger partial charge on any atom is 0.459 e. The van der Waals surface area contributed by atoms with Crippen LogP contribution in [0.15, 0.2) is 35.5 Å². The monoisotopic (exact) mass is 601 g/mol. The van der Waals surface area contributed by atoms with Crippen LogP contribution in [0.3, 0.4) is 0 Å². The van der Waals surface area contributed by atoms with E-state index < -0.39 is 58.9 Å². The molecule has 0 aliphatic heterocycles. The summed E-state index contributed by atoms with van der Waals surface area (Å²) < 4.78 is 102. The molecule has 0 aliphatic rings. The third-order valence-electron chi connectivity index (χ3n) is 5.67. The second kappa shape index (κ2) is 13.2. The lowest BCUT2D eigenvalue weighted by Crippen LogP contribution is -2.46. The number of halogens is 7. The van der Waals surface area contributed by atoms with Crippen LogP contribution in [-0.2, 0) is 12.5 Å². The third kappa shape index (κ3) is 6.54. The highest BCUT2D eigenvalue weighted by Gasteiger charge is 2.62. The molecule has 1 N–H and O–H groups in total. The Kier molecular flexibility index (Phi) is 10.5. The van der Waals surface area contributed by atoms with Gasteiger partial charge in [-0.1, -0.05) is 13.8 Å². The number of nitrogens with one attached hydrogen (secondary N) is 1. The highest BCUT2D eigenvalue weighted by atomic mass is 19.4. The molecule has 0 atom stereocenters. The van der Waals surface area contributed by atoms with Gasteiger partial charge in [0.05, 0.1) is 23.5 Å². The summed E-state index contributed by atoms with van der Waals surface area (Å²) in [7, 11) is 2.74. The number of nitriles is 2. The van der Waals surface area contributed by atoms with Crippen molar-refractivity contribution in [3.05, 3.63) is 74.7 Å². The Morgan fingerprint density at radius 1 is 1.10 bits per heavy atom. The van der Waals surface area contributed by atoms with Crippen LogP contribution in [0.5, 0.6) is 11.5 Å². The van der Waals surface area contributed by atoms with E-state index in [0.29, 0.717) is 22.6 Å². The van der Waals surface area contributed by atoms with Crippen molar-refractivity contribution in [2.75, 3.05) is 19.5 Å².